The number of alkyl halides is 3. The number of carbonyl (C=O) groups is 1. The van der Waals surface area contributed by atoms with E-state index >= 15 is 0 Å². The van der Waals surface area contributed by atoms with E-state index in [0.717, 1.165) is 0 Å². The van der Waals surface area contributed by atoms with Crippen molar-refractivity contribution in [1.29, 1.82) is 0 Å². The molecule has 0 aliphatic heterocycles. The van der Waals surface area contributed by atoms with E-state index in [-0.39, 0.29) is 29.1 Å². The number of hydrogen-bond acceptors (Lipinski definition) is 2. The van der Waals surface area contributed by atoms with Crippen LogP contribution in [-0.4, -0.2) is 18.0 Å². The lowest BCUT2D eigenvalue weighted by Crippen LogP contribution is -2.24. The Morgan fingerprint density at radius 1 is 1.33 bits per heavy atom. The zero-order valence-electron chi connectivity index (χ0n) is 9.05. The van der Waals surface area contributed by atoms with E-state index in [2.05, 4.69) is 27.8 Å². The van der Waals surface area contributed by atoms with E-state index in [1.165, 1.54) is 24.3 Å². The van der Waals surface area contributed by atoms with E-state index in [1.54, 1.807) is 0 Å². The van der Waals surface area contributed by atoms with Crippen molar-refractivity contribution in [2.24, 2.45) is 0 Å². The molecule has 0 atom stereocenters. The van der Waals surface area contributed by atoms with Crippen molar-refractivity contribution >= 4 is 33.6 Å². The number of benzene rings is 1. The number of carbonyl (C=O) groups excluding carboxylic acids is 1. The average Bonchev–Trinajstić information content (AvgIpc) is 2.24. The van der Waals surface area contributed by atoms with Gasteiger partial charge in [0.25, 0.3) is 5.91 Å². The van der Waals surface area contributed by atoms with Crippen LogP contribution in [0.4, 0.5) is 13.2 Å². The normalized spacial score (nSPS) is 11.1. The summed E-state index contributed by atoms with van der Waals surface area (Å²) < 4.78 is 36.8. The molecule has 18 heavy (non-hydrogen) atoms. The van der Waals surface area contributed by atoms with Gasteiger partial charge in [0, 0.05) is 21.5 Å². The van der Waals surface area contributed by atoms with Gasteiger partial charge in [0.1, 0.15) is 0 Å². The van der Waals surface area contributed by atoms with Crippen LogP contribution in [0.3, 0.4) is 0 Å². The Kier molecular flexibility index (Phi) is 5.28. The largest absolute Gasteiger partial charge is 0.446 e. The highest BCUT2D eigenvalue weighted by molar-refractivity contribution is 9.11. The highest BCUT2D eigenvalue weighted by Crippen LogP contribution is 2.36. The standard InChI is InChI=1S/C11H9BrF3NOS/c1-7(12)6-16-10(17)8-2-4-9(5-3-8)18-11(13,14)15/h2-5H,1,6H2,(H,16,17). The fourth-order valence-corrected chi connectivity index (χ4v) is 1.77. The Morgan fingerprint density at radius 3 is 2.33 bits per heavy atom. The molecule has 1 aromatic carbocycles. The second-order valence-electron chi connectivity index (χ2n) is 3.27. The van der Waals surface area contributed by atoms with Crippen molar-refractivity contribution in [2.45, 2.75) is 10.4 Å². The molecule has 0 aliphatic rings. The molecule has 1 rings (SSSR count). The number of nitrogens with one attached hydrogen (secondary N) is 1. The molecule has 0 aromatic heterocycles. The van der Waals surface area contributed by atoms with Crippen molar-refractivity contribution in [3.63, 3.8) is 0 Å². The van der Waals surface area contributed by atoms with Gasteiger partial charge in [-0.1, -0.05) is 22.5 Å². The summed E-state index contributed by atoms with van der Waals surface area (Å²) in [4.78, 5) is 11.6. The minimum atomic E-state index is -4.32. The highest BCUT2D eigenvalue weighted by Gasteiger charge is 2.29. The summed E-state index contributed by atoms with van der Waals surface area (Å²) in [6.07, 6.45) is 0. The number of hydrogen-bond donors (Lipinski definition) is 1. The molecule has 2 nitrogen and oxygen atoms in total. The molecule has 1 aromatic rings. The van der Waals surface area contributed by atoms with Gasteiger partial charge in [0.2, 0.25) is 0 Å². The molecule has 0 spiro atoms. The molecule has 98 valence electrons. The summed E-state index contributed by atoms with van der Waals surface area (Å²) in [5.74, 6) is -0.362. The van der Waals surface area contributed by atoms with Crippen LogP contribution in [0.2, 0.25) is 0 Å². The number of rotatable bonds is 4. The molecule has 7 heteroatoms. The van der Waals surface area contributed by atoms with Gasteiger partial charge in [-0.3, -0.25) is 4.79 Å². The van der Waals surface area contributed by atoms with Crippen molar-refractivity contribution < 1.29 is 18.0 Å². The van der Waals surface area contributed by atoms with Crippen LogP contribution in [0.15, 0.2) is 40.2 Å². The van der Waals surface area contributed by atoms with E-state index in [0.29, 0.717) is 10.0 Å². The van der Waals surface area contributed by atoms with Crippen LogP contribution in [-0.2, 0) is 0 Å². The fourth-order valence-electron chi connectivity index (χ4n) is 1.09. The van der Waals surface area contributed by atoms with Crippen LogP contribution >= 0.6 is 27.7 Å². The van der Waals surface area contributed by atoms with Crippen molar-refractivity contribution in [2.75, 3.05) is 6.54 Å². The first kappa shape index (κ1) is 15.1. The van der Waals surface area contributed by atoms with Gasteiger partial charge >= 0.3 is 5.51 Å². The summed E-state index contributed by atoms with van der Waals surface area (Å²) in [6.45, 7) is 3.81. The van der Waals surface area contributed by atoms with E-state index in [9.17, 15) is 18.0 Å². The predicted octanol–water partition coefficient (Wildman–Crippen LogP) is 3.94. The zero-order valence-corrected chi connectivity index (χ0v) is 11.5. The monoisotopic (exact) mass is 339 g/mol. The van der Waals surface area contributed by atoms with Gasteiger partial charge < -0.3 is 5.32 Å². The number of halogens is 4. The van der Waals surface area contributed by atoms with Gasteiger partial charge in [-0.2, -0.15) is 13.2 Å². The smallest absolute Gasteiger partial charge is 0.347 e. The lowest BCUT2D eigenvalue weighted by molar-refractivity contribution is -0.0328. The number of amides is 1. The third-order valence-electron chi connectivity index (χ3n) is 1.79. The zero-order chi connectivity index (χ0) is 13.8. The number of thioether (sulfide) groups is 1. The summed E-state index contributed by atoms with van der Waals surface area (Å²) in [5, 5.41) is 2.55. The molecular weight excluding hydrogens is 331 g/mol. The maximum Gasteiger partial charge on any atom is 0.446 e. The molecule has 0 aliphatic carbocycles. The SMILES string of the molecule is C=C(Br)CNC(=O)c1ccc(SC(F)(F)F)cc1. The summed E-state index contributed by atoms with van der Waals surface area (Å²) in [6, 6.07) is 5.22. The van der Waals surface area contributed by atoms with E-state index < -0.39 is 5.51 Å². The van der Waals surface area contributed by atoms with Crippen LogP contribution in [0, 0.1) is 0 Å². The summed E-state index contributed by atoms with van der Waals surface area (Å²) in [5.41, 5.74) is -4.02. The molecule has 1 amide bonds. The maximum atomic E-state index is 12.1. The third-order valence-corrected chi connectivity index (χ3v) is 2.81. The Labute approximate surface area is 115 Å². The third kappa shape index (κ3) is 5.59. The first-order valence-corrected chi connectivity index (χ1v) is 6.36. The molecule has 0 radical (unpaired) electrons. The second kappa shape index (κ2) is 6.29. The van der Waals surface area contributed by atoms with Gasteiger partial charge in [-0.25, -0.2) is 0 Å². The molecule has 0 unspecified atom stereocenters. The Hall–Kier alpha value is -0.950. The topological polar surface area (TPSA) is 29.1 Å². The van der Waals surface area contributed by atoms with Crippen molar-refractivity contribution in [3.05, 3.63) is 40.9 Å². The maximum absolute atomic E-state index is 12.1. The quantitative estimate of drug-likeness (QED) is 0.842. The molecule has 0 saturated carbocycles. The Bertz CT molecular complexity index is 445. The first-order chi connectivity index (χ1) is 8.28. The molecule has 0 heterocycles. The predicted molar refractivity (Wildman–Crippen MR) is 68.8 cm³/mol. The van der Waals surface area contributed by atoms with Gasteiger partial charge in [-0.15, -0.1) is 0 Å². The van der Waals surface area contributed by atoms with E-state index in [1.807, 2.05) is 0 Å². The highest BCUT2D eigenvalue weighted by atomic mass is 79.9. The van der Waals surface area contributed by atoms with Crippen molar-refractivity contribution in [3.8, 4) is 0 Å². The summed E-state index contributed by atoms with van der Waals surface area (Å²) >= 11 is 2.87. The second-order valence-corrected chi connectivity index (χ2v) is 5.53. The molecule has 0 bridgehead atoms. The fraction of sp³-hybridized carbons (Fsp3) is 0.182. The van der Waals surface area contributed by atoms with Gasteiger partial charge in [-0.05, 0) is 36.0 Å². The first-order valence-electron chi connectivity index (χ1n) is 4.75. The van der Waals surface area contributed by atoms with Crippen LogP contribution < -0.4 is 5.32 Å². The molecular formula is C11H9BrF3NOS. The lowest BCUT2D eigenvalue weighted by Gasteiger charge is -2.07. The van der Waals surface area contributed by atoms with Crippen molar-refractivity contribution in [1.82, 2.24) is 5.32 Å². The van der Waals surface area contributed by atoms with Crippen LogP contribution in [0.5, 0.6) is 0 Å². The minimum Gasteiger partial charge on any atom is -0.347 e. The summed E-state index contributed by atoms with van der Waals surface area (Å²) in [7, 11) is 0. The van der Waals surface area contributed by atoms with Crippen LogP contribution in [0.1, 0.15) is 10.4 Å². The molecule has 0 saturated heterocycles. The lowest BCUT2D eigenvalue weighted by atomic mass is 10.2. The molecule has 0 fully saturated rings. The van der Waals surface area contributed by atoms with Crippen LogP contribution in [0.25, 0.3) is 0 Å². The Morgan fingerprint density at radius 2 is 1.89 bits per heavy atom. The minimum absolute atomic E-state index is 0.0453. The van der Waals surface area contributed by atoms with E-state index in [4.69, 9.17) is 0 Å². The van der Waals surface area contributed by atoms with Gasteiger partial charge in [0.05, 0.1) is 0 Å². The molecule has 1 N–H and O–H groups in total. The average molecular weight is 340 g/mol. The van der Waals surface area contributed by atoms with Gasteiger partial charge in [0.15, 0.2) is 0 Å². The Balaban J connectivity index is 2.65.